The van der Waals surface area contributed by atoms with Crippen molar-refractivity contribution in [2.24, 2.45) is 4.99 Å². The van der Waals surface area contributed by atoms with E-state index in [1.165, 1.54) is 103 Å². The molecule has 0 aromatic carbocycles. The van der Waals surface area contributed by atoms with Gasteiger partial charge in [-0.25, -0.2) is 0 Å². The van der Waals surface area contributed by atoms with Crippen molar-refractivity contribution < 1.29 is 0 Å². The average Bonchev–Trinajstić information content (AvgIpc) is 3.18. The van der Waals surface area contributed by atoms with Crippen molar-refractivity contribution in [3.8, 4) is 0 Å². The zero-order valence-electron chi connectivity index (χ0n) is 17.9. The lowest BCUT2D eigenvalue weighted by molar-refractivity contribution is 0.376. The van der Waals surface area contributed by atoms with Gasteiger partial charge in [-0.05, 0) is 19.3 Å². The molecule has 0 saturated carbocycles. The van der Waals surface area contributed by atoms with Crippen LogP contribution in [0.15, 0.2) is 17.1 Å². The molecule has 0 aromatic rings. The Hall–Kier alpha value is -0.790. The van der Waals surface area contributed by atoms with Gasteiger partial charge >= 0.3 is 0 Å². The second-order valence-electron chi connectivity index (χ2n) is 8.07. The maximum Gasteiger partial charge on any atom is 0.0856 e. The first-order chi connectivity index (χ1) is 12.9. The maximum absolute atomic E-state index is 4.36. The third-order valence-electron chi connectivity index (χ3n) is 5.56. The van der Waals surface area contributed by atoms with E-state index in [2.05, 4.69) is 42.2 Å². The molecule has 152 valence electrons. The summed E-state index contributed by atoms with van der Waals surface area (Å²) < 4.78 is 0. The van der Waals surface area contributed by atoms with Gasteiger partial charge in [-0.1, -0.05) is 109 Å². The molecule has 1 aliphatic heterocycles. The molecule has 0 bridgehead atoms. The van der Waals surface area contributed by atoms with Crippen LogP contribution in [0.25, 0.3) is 0 Å². The second kappa shape index (κ2) is 17.6. The highest BCUT2D eigenvalue weighted by Gasteiger charge is 2.14. The highest BCUT2D eigenvalue weighted by atomic mass is 15.2. The van der Waals surface area contributed by atoms with E-state index in [1.54, 1.807) is 0 Å². The molecule has 0 radical (unpaired) electrons. The van der Waals surface area contributed by atoms with Crippen molar-refractivity contribution in [1.29, 1.82) is 0 Å². The topological polar surface area (TPSA) is 15.6 Å². The average molecular weight is 363 g/mol. The van der Waals surface area contributed by atoms with Gasteiger partial charge in [0.15, 0.2) is 0 Å². The fraction of sp³-hybridized carbons (Fsp3) is 0.875. The highest BCUT2D eigenvalue weighted by Crippen LogP contribution is 2.14. The van der Waals surface area contributed by atoms with Gasteiger partial charge in [-0.3, -0.25) is 4.99 Å². The minimum atomic E-state index is 0.577. The van der Waals surface area contributed by atoms with Gasteiger partial charge in [-0.15, -0.1) is 0 Å². The summed E-state index contributed by atoms with van der Waals surface area (Å²) in [6.45, 7) is 6.66. The quantitative estimate of drug-likeness (QED) is 0.182. The third-order valence-corrected chi connectivity index (χ3v) is 5.56. The molecule has 0 saturated heterocycles. The van der Waals surface area contributed by atoms with Gasteiger partial charge in [0.25, 0.3) is 0 Å². The number of hydrogen-bond donors (Lipinski definition) is 0. The van der Waals surface area contributed by atoms with Crippen molar-refractivity contribution in [3.05, 3.63) is 12.2 Å². The number of allylic oxidation sites excluding steroid dienone is 1. The van der Waals surface area contributed by atoms with E-state index in [0.29, 0.717) is 6.04 Å². The van der Waals surface area contributed by atoms with E-state index in [1.807, 2.05) is 0 Å². The number of unbranched alkanes of at least 4 members (excludes halogenated alkanes) is 13. The molecule has 0 aromatic heterocycles. The summed E-state index contributed by atoms with van der Waals surface area (Å²) in [5.41, 5.74) is 0. The lowest BCUT2D eigenvalue weighted by atomic mass is 10.0. The lowest BCUT2D eigenvalue weighted by Crippen LogP contribution is -2.31. The van der Waals surface area contributed by atoms with Crippen LogP contribution in [0.1, 0.15) is 117 Å². The summed E-state index contributed by atoms with van der Waals surface area (Å²) in [4.78, 5) is 6.76. The molecule has 1 rings (SSSR count). The summed E-state index contributed by atoms with van der Waals surface area (Å²) in [7, 11) is 0. The van der Waals surface area contributed by atoms with Gasteiger partial charge in [0.2, 0.25) is 0 Å². The van der Waals surface area contributed by atoms with Crippen LogP contribution >= 0.6 is 0 Å². The van der Waals surface area contributed by atoms with Crippen molar-refractivity contribution in [1.82, 2.24) is 4.90 Å². The Balaban J connectivity index is 1.87. The predicted molar refractivity (Wildman–Crippen MR) is 118 cm³/mol. The molecule has 1 aliphatic rings. The fourth-order valence-corrected chi connectivity index (χ4v) is 3.85. The Bertz CT molecular complexity index is 348. The van der Waals surface area contributed by atoms with Crippen LogP contribution in [0.2, 0.25) is 0 Å². The van der Waals surface area contributed by atoms with E-state index in [0.717, 1.165) is 13.1 Å². The Morgan fingerprint density at radius 3 is 1.88 bits per heavy atom. The highest BCUT2D eigenvalue weighted by molar-refractivity contribution is 5.58. The van der Waals surface area contributed by atoms with Crippen LogP contribution in [0.4, 0.5) is 0 Å². The van der Waals surface area contributed by atoms with Crippen LogP contribution in [0, 0.1) is 0 Å². The number of hydrogen-bond acceptors (Lipinski definition) is 2. The molecule has 26 heavy (non-hydrogen) atoms. The molecule has 1 unspecified atom stereocenters. The third kappa shape index (κ3) is 12.5. The maximum atomic E-state index is 4.36. The van der Waals surface area contributed by atoms with E-state index in [4.69, 9.17) is 0 Å². The minimum absolute atomic E-state index is 0.577. The standard InChI is InChI=1S/C24H46N2/c1-3-5-6-7-8-9-10-11-12-13-14-15-16-17-18-20-24(19-4-2)26-22-21-25-23-26/h18,20,23-24H,3-17,19,21-22H2,1-2H3. The van der Waals surface area contributed by atoms with Crippen molar-refractivity contribution in [2.75, 3.05) is 13.1 Å². The summed E-state index contributed by atoms with van der Waals surface area (Å²) in [5.74, 6) is 0. The minimum Gasteiger partial charge on any atom is -0.355 e. The monoisotopic (exact) mass is 362 g/mol. The first kappa shape index (κ1) is 23.2. The normalized spacial score (nSPS) is 15.4. The van der Waals surface area contributed by atoms with Gasteiger partial charge < -0.3 is 4.90 Å². The second-order valence-corrected chi connectivity index (χ2v) is 8.07. The van der Waals surface area contributed by atoms with Crippen molar-refractivity contribution >= 4 is 6.34 Å². The number of nitrogens with zero attached hydrogens (tertiary/aromatic N) is 2. The molecule has 1 atom stereocenters. The molecule has 0 amide bonds. The van der Waals surface area contributed by atoms with Crippen LogP contribution in [0.5, 0.6) is 0 Å². The van der Waals surface area contributed by atoms with Gasteiger partial charge in [0.1, 0.15) is 0 Å². The molecule has 1 heterocycles. The van der Waals surface area contributed by atoms with E-state index in [-0.39, 0.29) is 0 Å². The van der Waals surface area contributed by atoms with Gasteiger partial charge in [0, 0.05) is 12.6 Å². The summed E-state index contributed by atoms with van der Waals surface area (Å²) in [6.07, 6.45) is 29.3. The van der Waals surface area contributed by atoms with Crippen molar-refractivity contribution in [2.45, 2.75) is 123 Å². The molecule has 2 nitrogen and oxygen atoms in total. The Kier molecular flexibility index (Phi) is 15.8. The SMILES string of the molecule is CCCCCCCCCCCCCCCC=CC(CCC)N1C=NCC1. The first-order valence-corrected chi connectivity index (χ1v) is 11.8. The molecule has 2 heteroatoms. The smallest absolute Gasteiger partial charge is 0.0856 e. The zero-order valence-corrected chi connectivity index (χ0v) is 17.9. The molecule has 0 N–H and O–H groups in total. The largest absolute Gasteiger partial charge is 0.355 e. The summed E-state index contributed by atoms with van der Waals surface area (Å²) >= 11 is 0. The zero-order chi connectivity index (χ0) is 18.7. The Morgan fingerprint density at radius 1 is 0.808 bits per heavy atom. The van der Waals surface area contributed by atoms with Gasteiger partial charge in [0.05, 0.1) is 12.9 Å². The first-order valence-electron chi connectivity index (χ1n) is 11.8. The Labute approximate surface area is 164 Å². The van der Waals surface area contributed by atoms with Crippen LogP contribution in [-0.2, 0) is 0 Å². The van der Waals surface area contributed by atoms with Crippen LogP contribution in [-0.4, -0.2) is 30.4 Å². The van der Waals surface area contributed by atoms with Crippen molar-refractivity contribution in [3.63, 3.8) is 0 Å². The predicted octanol–water partition coefficient (Wildman–Crippen LogP) is 7.54. The lowest BCUT2D eigenvalue weighted by Gasteiger charge is -2.23. The molecular formula is C24H46N2. The summed E-state index contributed by atoms with van der Waals surface area (Å²) in [6, 6.07) is 0.577. The fourth-order valence-electron chi connectivity index (χ4n) is 3.85. The molecule has 0 aliphatic carbocycles. The van der Waals surface area contributed by atoms with E-state index >= 15 is 0 Å². The number of rotatable bonds is 18. The summed E-state index contributed by atoms with van der Waals surface area (Å²) in [5, 5.41) is 0. The Morgan fingerprint density at radius 2 is 1.38 bits per heavy atom. The molecular weight excluding hydrogens is 316 g/mol. The van der Waals surface area contributed by atoms with Crippen LogP contribution < -0.4 is 0 Å². The van der Waals surface area contributed by atoms with Crippen LogP contribution in [0.3, 0.4) is 0 Å². The number of aliphatic imine (C=N–C) groups is 1. The van der Waals surface area contributed by atoms with E-state index < -0.39 is 0 Å². The molecule has 0 spiro atoms. The van der Waals surface area contributed by atoms with E-state index in [9.17, 15) is 0 Å². The molecule has 0 fully saturated rings. The van der Waals surface area contributed by atoms with Gasteiger partial charge in [-0.2, -0.15) is 0 Å².